The van der Waals surface area contributed by atoms with E-state index in [1.54, 1.807) is 24.2 Å². The van der Waals surface area contributed by atoms with Crippen LogP contribution in [0.1, 0.15) is 5.56 Å². The number of halogens is 2. The van der Waals surface area contributed by atoms with Crippen LogP contribution in [-0.4, -0.2) is 17.3 Å². The second kappa shape index (κ2) is 8.87. The number of anilines is 1. The molecule has 2 heterocycles. The zero-order chi connectivity index (χ0) is 20.2. The molecule has 0 bridgehead atoms. The Bertz CT molecular complexity index is 1080. The predicted molar refractivity (Wildman–Crippen MR) is 121 cm³/mol. The lowest BCUT2D eigenvalue weighted by molar-refractivity contribution is -0.107. The van der Waals surface area contributed by atoms with Crippen molar-refractivity contribution in [2.24, 2.45) is 0 Å². The molecule has 0 amide bonds. The number of pyridine rings is 1. The molecule has 3 aromatic rings. The summed E-state index contributed by atoms with van der Waals surface area (Å²) in [5.41, 5.74) is 2.51. The summed E-state index contributed by atoms with van der Waals surface area (Å²) >= 11 is 14.1. The van der Waals surface area contributed by atoms with Crippen LogP contribution in [0.5, 0.6) is 0 Å². The molecule has 4 rings (SSSR count). The largest absolute Gasteiger partial charge is 0.331 e. The summed E-state index contributed by atoms with van der Waals surface area (Å²) < 4.78 is 0. The van der Waals surface area contributed by atoms with Crippen LogP contribution in [0.2, 0.25) is 10.0 Å². The number of nitrogens with zero attached hydrogens (tertiary/aromatic N) is 2. The van der Waals surface area contributed by atoms with Crippen molar-refractivity contribution in [3.8, 4) is 0 Å². The van der Waals surface area contributed by atoms with E-state index in [2.05, 4.69) is 4.98 Å². The van der Waals surface area contributed by atoms with E-state index >= 15 is 0 Å². The van der Waals surface area contributed by atoms with Gasteiger partial charge in [0.25, 0.3) is 0 Å². The Hall–Kier alpha value is -2.53. The van der Waals surface area contributed by atoms with Gasteiger partial charge in [-0.15, -0.1) is 0 Å². The van der Waals surface area contributed by atoms with E-state index in [4.69, 9.17) is 23.2 Å². The summed E-state index contributed by atoms with van der Waals surface area (Å²) in [6, 6.07) is 18.5. The average molecular weight is 439 g/mol. The Morgan fingerprint density at radius 3 is 2.48 bits per heavy atom. The number of aldehydes is 1. The van der Waals surface area contributed by atoms with Gasteiger partial charge < -0.3 is 9.69 Å². The molecule has 1 atom stereocenters. The number of rotatable bonds is 5. The van der Waals surface area contributed by atoms with Gasteiger partial charge in [-0.1, -0.05) is 53.2 Å². The zero-order valence-electron chi connectivity index (χ0n) is 15.2. The van der Waals surface area contributed by atoms with Crippen LogP contribution < -0.4 is 4.90 Å². The maximum atomic E-state index is 12.1. The number of allylic oxidation sites excluding steroid dienone is 1. The van der Waals surface area contributed by atoms with Crippen molar-refractivity contribution in [1.82, 2.24) is 4.98 Å². The number of hydrogen-bond acceptors (Lipinski definition) is 4. The summed E-state index contributed by atoms with van der Waals surface area (Å²) in [4.78, 5) is 20.3. The highest BCUT2D eigenvalue weighted by Gasteiger charge is 2.28. The van der Waals surface area contributed by atoms with Crippen molar-refractivity contribution in [2.45, 2.75) is 10.9 Å². The minimum atomic E-state index is -0.506. The molecule has 0 saturated carbocycles. The van der Waals surface area contributed by atoms with E-state index in [-0.39, 0.29) is 0 Å². The Kier molecular flexibility index (Phi) is 6.05. The van der Waals surface area contributed by atoms with Crippen LogP contribution in [0.4, 0.5) is 5.69 Å². The number of thioether (sulfide) groups is 1. The zero-order valence-corrected chi connectivity index (χ0v) is 17.5. The van der Waals surface area contributed by atoms with E-state index < -0.39 is 6.04 Å². The van der Waals surface area contributed by atoms with Gasteiger partial charge >= 0.3 is 0 Å². The van der Waals surface area contributed by atoms with Crippen LogP contribution in [0.15, 0.2) is 95.1 Å². The molecule has 29 heavy (non-hydrogen) atoms. The lowest BCUT2D eigenvalue weighted by Crippen LogP contribution is -2.35. The van der Waals surface area contributed by atoms with E-state index in [1.165, 1.54) is 0 Å². The lowest BCUT2D eigenvalue weighted by Gasteiger charge is -2.33. The second-order valence-corrected chi connectivity index (χ2v) is 8.36. The molecule has 0 radical (unpaired) electrons. The van der Waals surface area contributed by atoms with E-state index in [0.717, 1.165) is 32.9 Å². The van der Waals surface area contributed by atoms with Gasteiger partial charge in [0.2, 0.25) is 0 Å². The van der Waals surface area contributed by atoms with Gasteiger partial charge in [0.15, 0.2) is 0 Å². The molecule has 1 aliphatic rings. The van der Waals surface area contributed by atoms with Crippen molar-refractivity contribution >= 4 is 52.5 Å². The first-order valence-corrected chi connectivity index (χ1v) is 10.5. The molecule has 1 aliphatic heterocycles. The molecule has 1 aromatic heterocycles. The van der Waals surface area contributed by atoms with Gasteiger partial charge in [-0.3, -0.25) is 4.98 Å². The molecule has 3 nitrogen and oxygen atoms in total. The summed E-state index contributed by atoms with van der Waals surface area (Å²) in [5, 5.41) is 1.30. The third-order valence-corrected chi connectivity index (χ3v) is 6.04. The summed E-state index contributed by atoms with van der Waals surface area (Å²) in [5.74, 6) is 0. The van der Waals surface area contributed by atoms with Crippen molar-refractivity contribution in [2.75, 3.05) is 4.90 Å². The van der Waals surface area contributed by atoms with Gasteiger partial charge in [0, 0.05) is 32.2 Å². The van der Waals surface area contributed by atoms with Gasteiger partial charge in [0.05, 0.1) is 11.9 Å². The number of benzene rings is 2. The van der Waals surface area contributed by atoms with E-state index in [9.17, 15) is 4.79 Å². The maximum Gasteiger partial charge on any atom is 0.147 e. The van der Waals surface area contributed by atoms with Gasteiger partial charge in [-0.25, -0.2) is 0 Å². The smallest absolute Gasteiger partial charge is 0.147 e. The molecule has 2 aromatic carbocycles. The standard InChI is InChI=1S/C23H16Cl2N2OS/c24-16-7-9-18(10-8-16)29-19-12-21(20-5-1-2-6-22(20)25)23(15-28)27(14-19)17-4-3-11-26-13-17/h1-15,23H. The van der Waals surface area contributed by atoms with Crippen LogP contribution in [0.3, 0.4) is 0 Å². The molecule has 0 spiro atoms. The van der Waals surface area contributed by atoms with Gasteiger partial charge in [-0.2, -0.15) is 0 Å². The molecule has 144 valence electrons. The lowest BCUT2D eigenvalue weighted by atomic mass is 9.95. The average Bonchev–Trinajstić information content (AvgIpc) is 2.76. The summed E-state index contributed by atoms with van der Waals surface area (Å²) in [6.45, 7) is 0. The number of carbonyl (C=O) groups is 1. The third kappa shape index (κ3) is 4.40. The Morgan fingerprint density at radius 2 is 1.79 bits per heavy atom. The highest BCUT2D eigenvalue weighted by Crippen LogP contribution is 2.39. The van der Waals surface area contributed by atoms with Gasteiger partial charge in [0.1, 0.15) is 12.3 Å². The first kappa shape index (κ1) is 19.8. The number of carbonyl (C=O) groups excluding carboxylic acids is 1. The van der Waals surface area contributed by atoms with Crippen LogP contribution in [0, 0.1) is 0 Å². The fraction of sp³-hybridized carbons (Fsp3) is 0.0435. The maximum absolute atomic E-state index is 12.1. The quantitative estimate of drug-likeness (QED) is 0.426. The van der Waals surface area contributed by atoms with E-state index in [0.29, 0.717) is 10.0 Å². The molecular formula is C23H16Cl2N2OS. The Labute approximate surface area is 183 Å². The first-order valence-electron chi connectivity index (χ1n) is 8.91. The van der Waals surface area contributed by atoms with Crippen molar-refractivity contribution in [3.05, 3.63) is 106 Å². The van der Waals surface area contributed by atoms with Crippen molar-refractivity contribution in [3.63, 3.8) is 0 Å². The molecule has 0 aliphatic carbocycles. The minimum Gasteiger partial charge on any atom is -0.331 e. The summed E-state index contributed by atoms with van der Waals surface area (Å²) in [6.07, 6.45) is 8.37. The molecular weight excluding hydrogens is 423 g/mol. The highest BCUT2D eigenvalue weighted by atomic mass is 35.5. The Morgan fingerprint density at radius 1 is 1.00 bits per heavy atom. The second-order valence-electron chi connectivity index (χ2n) is 6.37. The van der Waals surface area contributed by atoms with Crippen LogP contribution in [0.25, 0.3) is 5.57 Å². The van der Waals surface area contributed by atoms with E-state index in [1.807, 2.05) is 77.8 Å². The number of aromatic nitrogens is 1. The molecule has 0 N–H and O–H groups in total. The monoisotopic (exact) mass is 438 g/mol. The Balaban J connectivity index is 1.80. The third-order valence-electron chi connectivity index (χ3n) is 4.49. The molecule has 6 heteroatoms. The number of hydrogen-bond donors (Lipinski definition) is 0. The SMILES string of the molecule is O=CC1C(c2ccccc2Cl)=CC(Sc2ccc(Cl)cc2)=CN1c1cccnc1. The minimum absolute atomic E-state index is 0.506. The highest BCUT2D eigenvalue weighted by molar-refractivity contribution is 8.03. The molecule has 0 saturated heterocycles. The van der Waals surface area contributed by atoms with Crippen LogP contribution in [-0.2, 0) is 4.79 Å². The van der Waals surface area contributed by atoms with Gasteiger partial charge in [-0.05, 0) is 59.7 Å². The van der Waals surface area contributed by atoms with Crippen LogP contribution >= 0.6 is 35.0 Å². The predicted octanol–water partition coefficient (Wildman–Crippen LogP) is 6.49. The summed E-state index contributed by atoms with van der Waals surface area (Å²) in [7, 11) is 0. The normalized spacial score (nSPS) is 16.2. The van der Waals surface area contributed by atoms with Crippen molar-refractivity contribution < 1.29 is 4.79 Å². The molecule has 1 unspecified atom stereocenters. The van der Waals surface area contributed by atoms with Crippen molar-refractivity contribution in [1.29, 1.82) is 0 Å². The topological polar surface area (TPSA) is 33.2 Å². The fourth-order valence-corrected chi connectivity index (χ4v) is 4.42. The molecule has 0 fully saturated rings. The first-order chi connectivity index (χ1) is 14.2. The fourth-order valence-electron chi connectivity index (χ4n) is 3.15.